The summed E-state index contributed by atoms with van der Waals surface area (Å²) in [7, 11) is 0. The minimum absolute atomic E-state index is 0.00229. The maximum atomic E-state index is 12.5. The van der Waals surface area contributed by atoms with Gasteiger partial charge < -0.3 is 10.4 Å². The molecule has 6 nitrogen and oxygen atoms in total. The van der Waals surface area contributed by atoms with E-state index >= 15 is 0 Å². The SMILES string of the molecule is Cc1ccc2ncc(C(=O)NCC(C)(O)c3cccs3)c(=O)n2c1. The van der Waals surface area contributed by atoms with E-state index in [1.807, 2.05) is 24.4 Å². The molecule has 0 aliphatic heterocycles. The summed E-state index contributed by atoms with van der Waals surface area (Å²) in [6, 6.07) is 7.20. The van der Waals surface area contributed by atoms with Gasteiger partial charge in [0.2, 0.25) is 0 Å². The van der Waals surface area contributed by atoms with Crippen LogP contribution in [0.2, 0.25) is 0 Å². The van der Waals surface area contributed by atoms with Crippen LogP contribution >= 0.6 is 11.3 Å². The Balaban J connectivity index is 1.84. The molecule has 0 saturated carbocycles. The van der Waals surface area contributed by atoms with E-state index in [0.717, 1.165) is 10.4 Å². The first-order valence-corrected chi connectivity index (χ1v) is 8.29. The predicted octanol–water partition coefficient (Wildman–Crippen LogP) is 1.70. The van der Waals surface area contributed by atoms with Crippen LogP contribution < -0.4 is 10.9 Å². The topological polar surface area (TPSA) is 83.7 Å². The molecule has 0 spiro atoms. The number of carbonyl (C=O) groups is 1. The highest BCUT2D eigenvalue weighted by atomic mass is 32.1. The van der Waals surface area contributed by atoms with Crippen LogP contribution in [-0.2, 0) is 5.60 Å². The molecule has 0 fully saturated rings. The lowest BCUT2D eigenvalue weighted by molar-refractivity contribution is 0.0556. The fraction of sp³-hybridized carbons (Fsp3) is 0.235. The number of hydrogen-bond acceptors (Lipinski definition) is 5. The number of amides is 1. The number of aryl methyl sites for hydroxylation is 1. The average Bonchev–Trinajstić information content (AvgIpc) is 3.09. The Morgan fingerprint density at radius 1 is 1.42 bits per heavy atom. The molecule has 0 saturated heterocycles. The maximum Gasteiger partial charge on any atom is 0.270 e. The third-order valence-electron chi connectivity index (χ3n) is 3.74. The molecule has 2 N–H and O–H groups in total. The fourth-order valence-electron chi connectivity index (χ4n) is 2.36. The second-order valence-electron chi connectivity index (χ2n) is 5.85. The van der Waals surface area contributed by atoms with Gasteiger partial charge in [0.05, 0.1) is 6.54 Å². The molecule has 0 aliphatic rings. The van der Waals surface area contributed by atoms with Crippen molar-refractivity contribution < 1.29 is 9.90 Å². The number of pyridine rings is 1. The lowest BCUT2D eigenvalue weighted by Gasteiger charge is -2.22. The van der Waals surface area contributed by atoms with Crippen LogP contribution in [0.3, 0.4) is 0 Å². The van der Waals surface area contributed by atoms with Crippen LogP contribution in [0, 0.1) is 6.92 Å². The summed E-state index contributed by atoms with van der Waals surface area (Å²) in [5.74, 6) is -0.555. The first-order chi connectivity index (χ1) is 11.4. The van der Waals surface area contributed by atoms with Crippen LogP contribution in [0.5, 0.6) is 0 Å². The lowest BCUT2D eigenvalue weighted by Crippen LogP contribution is -2.40. The van der Waals surface area contributed by atoms with E-state index in [0.29, 0.717) is 5.65 Å². The van der Waals surface area contributed by atoms with Gasteiger partial charge in [-0.05, 0) is 36.9 Å². The molecule has 1 amide bonds. The molecule has 24 heavy (non-hydrogen) atoms. The van der Waals surface area contributed by atoms with Crippen molar-refractivity contribution in [3.63, 3.8) is 0 Å². The van der Waals surface area contributed by atoms with Gasteiger partial charge >= 0.3 is 0 Å². The highest BCUT2D eigenvalue weighted by Gasteiger charge is 2.25. The summed E-state index contributed by atoms with van der Waals surface area (Å²) in [5, 5.41) is 14.9. The van der Waals surface area contributed by atoms with Gasteiger partial charge in [0, 0.05) is 17.3 Å². The van der Waals surface area contributed by atoms with Gasteiger partial charge in [-0.15, -0.1) is 11.3 Å². The first-order valence-electron chi connectivity index (χ1n) is 7.41. The van der Waals surface area contributed by atoms with Crippen molar-refractivity contribution in [2.45, 2.75) is 19.4 Å². The zero-order valence-corrected chi connectivity index (χ0v) is 14.1. The minimum atomic E-state index is -1.19. The van der Waals surface area contributed by atoms with Crippen molar-refractivity contribution in [3.8, 4) is 0 Å². The second kappa shape index (κ2) is 6.18. The van der Waals surface area contributed by atoms with Crippen molar-refractivity contribution >= 4 is 22.9 Å². The van der Waals surface area contributed by atoms with Crippen LogP contribution in [0.1, 0.15) is 27.7 Å². The Labute approximate surface area is 142 Å². The maximum absolute atomic E-state index is 12.5. The molecule has 0 radical (unpaired) electrons. The average molecular weight is 343 g/mol. The summed E-state index contributed by atoms with van der Waals surface area (Å²) in [6.07, 6.45) is 2.91. The van der Waals surface area contributed by atoms with Gasteiger partial charge in [-0.2, -0.15) is 0 Å². The third kappa shape index (κ3) is 3.08. The molecule has 3 aromatic rings. The number of carbonyl (C=O) groups excluding carboxylic acids is 1. The van der Waals surface area contributed by atoms with Crippen LogP contribution in [0.4, 0.5) is 0 Å². The molecule has 3 aromatic heterocycles. The van der Waals surface area contributed by atoms with Gasteiger partial charge in [0.1, 0.15) is 16.8 Å². The number of nitrogens with zero attached hydrogens (tertiary/aromatic N) is 2. The Bertz CT molecular complexity index is 945. The zero-order chi connectivity index (χ0) is 17.3. The van der Waals surface area contributed by atoms with Gasteiger partial charge in [-0.3, -0.25) is 14.0 Å². The van der Waals surface area contributed by atoms with E-state index in [9.17, 15) is 14.7 Å². The number of aromatic nitrogens is 2. The van der Waals surface area contributed by atoms with E-state index in [1.54, 1.807) is 25.3 Å². The summed E-state index contributed by atoms with van der Waals surface area (Å²) < 4.78 is 1.35. The highest BCUT2D eigenvalue weighted by molar-refractivity contribution is 7.10. The van der Waals surface area contributed by atoms with Gasteiger partial charge in [-0.25, -0.2) is 4.98 Å². The fourth-order valence-corrected chi connectivity index (χ4v) is 3.15. The van der Waals surface area contributed by atoms with Gasteiger partial charge in [0.15, 0.2) is 0 Å². The standard InChI is InChI=1S/C17H17N3O3S/c1-11-5-6-14-18-8-12(16(22)20(14)9-11)15(21)19-10-17(2,23)13-4-3-7-24-13/h3-9,23H,10H2,1-2H3,(H,19,21). The predicted molar refractivity (Wildman–Crippen MR) is 92.4 cm³/mol. The van der Waals surface area contributed by atoms with E-state index < -0.39 is 17.1 Å². The normalized spacial score (nSPS) is 13.6. The Morgan fingerprint density at radius 2 is 2.21 bits per heavy atom. The zero-order valence-electron chi connectivity index (χ0n) is 13.3. The molecule has 0 aliphatic carbocycles. The van der Waals surface area contributed by atoms with E-state index in [2.05, 4.69) is 10.3 Å². The first kappa shape index (κ1) is 16.4. The van der Waals surface area contributed by atoms with Crippen molar-refractivity contribution in [1.29, 1.82) is 0 Å². The quantitative estimate of drug-likeness (QED) is 0.755. The van der Waals surface area contributed by atoms with Gasteiger partial charge in [-0.1, -0.05) is 12.1 Å². The number of aliphatic hydroxyl groups is 1. The smallest absolute Gasteiger partial charge is 0.270 e. The van der Waals surface area contributed by atoms with Crippen molar-refractivity contribution in [3.05, 3.63) is 68.4 Å². The van der Waals surface area contributed by atoms with E-state index in [-0.39, 0.29) is 12.1 Å². The molecule has 1 unspecified atom stereocenters. The molecule has 7 heteroatoms. The van der Waals surface area contributed by atoms with Crippen LogP contribution in [0.25, 0.3) is 5.65 Å². The van der Waals surface area contributed by atoms with E-state index in [4.69, 9.17) is 0 Å². The van der Waals surface area contributed by atoms with E-state index in [1.165, 1.54) is 21.9 Å². The lowest BCUT2D eigenvalue weighted by atomic mass is 10.1. The molecule has 1 atom stereocenters. The Morgan fingerprint density at radius 3 is 2.92 bits per heavy atom. The Hall–Kier alpha value is -2.51. The minimum Gasteiger partial charge on any atom is -0.383 e. The molecule has 124 valence electrons. The number of rotatable bonds is 4. The third-order valence-corrected chi connectivity index (χ3v) is 4.86. The van der Waals surface area contributed by atoms with Crippen LogP contribution in [0.15, 0.2) is 46.8 Å². The number of nitrogens with one attached hydrogen (secondary N) is 1. The number of thiophene rings is 1. The number of fused-ring (bicyclic) bond motifs is 1. The van der Waals surface area contributed by atoms with Crippen molar-refractivity contribution in [2.24, 2.45) is 0 Å². The largest absolute Gasteiger partial charge is 0.383 e. The molecular formula is C17H17N3O3S. The number of hydrogen-bond donors (Lipinski definition) is 2. The van der Waals surface area contributed by atoms with Crippen molar-refractivity contribution in [2.75, 3.05) is 6.54 Å². The monoisotopic (exact) mass is 343 g/mol. The molecule has 3 rings (SSSR count). The summed E-state index contributed by atoms with van der Waals surface area (Å²) >= 11 is 1.40. The molecule has 0 bridgehead atoms. The molecule has 3 heterocycles. The van der Waals surface area contributed by atoms with Crippen LogP contribution in [-0.4, -0.2) is 26.9 Å². The summed E-state index contributed by atoms with van der Waals surface area (Å²) in [4.78, 5) is 29.7. The second-order valence-corrected chi connectivity index (χ2v) is 6.79. The van der Waals surface area contributed by atoms with Gasteiger partial charge in [0.25, 0.3) is 11.5 Å². The summed E-state index contributed by atoms with van der Waals surface area (Å²) in [6.45, 7) is 3.48. The molecule has 0 aromatic carbocycles. The summed E-state index contributed by atoms with van der Waals surface area (Å²) in [5.41, 5.74) is -0.310. The highest BCUT2D eigenvalue weighted by Crippen LogP contribution is 2.24. The van der Waals surface area contributed by atoms with Crippen molar-refractivity contribution in [1.82, 2.24) is 14.7 Å². The molecular weight excluding hydrogens is 326 g/mol. The Kier molecular flexibility index (Phi) is 4.21.